The molecule has 49 heavy (non-hydrogen) atoms. The molecule has 4 saturated carbocycles. The Morgan fingerprint density at radius 1 is 0.367 bits per heavy atom. The van der Waals surface area contributed by atoms with Crippen LogP contribution in [0.3, 0.4) is 0 Å². The van der Waals surface area contributed by atoms with E-state index in [2.05, 4.69) is 42.5 Å². The molecule has 14 nitrogen and oxygen atoms in total. The van der Waals surface area contributed by atoms with E-state index in [9.17, 15) is 25.9 Å². The fraction of sp³-hybridized carbons (Fsp3) is 1.00. The van der Waals surface area contributed by atoms with Crippen molar-refractivity contribution in [1.82, 2.24) is 42.5 Å². The number of hydrogen-bond acceptors (Lipinski definition) is 14. The van der Waals surface area contributed by atoms with Crippen molar-refractivity contribution in [1.29, 1.82) is 0 Å². The summed E-state index contributed by atoms with van der Waals surface area (Å²) < 4.78 is 76.3. The van der Waals surface area contributed by atoms with Gasteiger partial charge in [-0.3, -0.25) is 42.5 Å². The van der Waals surface area contributed by atoms with Crippen LogP contribution in [-0.4, -0.2) is 85.8 Å². The average molecular weight is 770 g/mol. The fourth-order valence-electron chi connectivity index (χ4n) is 12.7. The first-order valence-corrected chi connectivity index (χ1v) is 22.0. The van der Waals surface area contributed by atoms with E-state index >= 15 is 0 Å². The molecule has 4 aliphatic carbocycles. The summed E-state index contributed by atoms with van der Waals surface area (Å²) in [5.41, 5.74) is 0. The summed E-state index contributed by atoms with van der Waals surface area (Å²) >= 11 is 0. The molecule has 0 radical (unpaired) electrons. The quantitative estimate of drug-likeness (QED) is 0.134. The topological polar surface area (TPSA) is 211 Å². The van der Waals surface area contributed by atoms with Crippen molar-refractivity contribution in [3.05, 3.63) is 0 Å². The summed E-state index contributed by atoms with van der Waals surface area (Å²) in [4.78, 5) is 0. The summed E-state index contributed by atoms with van der Waals surface area (Å²) in [6.45, 7) is 0. The molecule has 9 rings (SSSR count). The van der Waals surface area contributed by atoms with Crippen molar-refractivity contribution in [3.63, 3.8) is 0 Å². The van der Waals surface area contributed by atoms with Gasteiger partial charge in [-0.2, -0.15) is 0 Å². The van der Waals surface area contributed by atoms with Crippen LogP contribution in [0, 0.1) is 47.3 Å². The molecule has 18 unspecified atom stereocenters. The predicted octanol–water partition coefficient (Wildman–Crippen LogP) is -0.349. The van der Waals surface area contributed by atoms with Crippen molar-refractivity contribution in [2.24, 2.45) is 47.3 Å². The van der Waals surface area contributed by atoms with E-state index in [0.29, 0.717) is 41.9 Å². The monoisotopic (exact) mass is 768 g/mol. The van der Waals surface area contributed by atoms with Gasteiger partial charge in [0.05, 0.1) is 80.1 Å². The van der Waals surface area contributed by atoms with E-state index in [4.69, 9.17) is 0 Å². The molecule has 0 aromatic carbocycles. The first kappa shape index (κ1) is 36.0. The molecule has 5 heterocycles. The van der Waals surface area contributed by atoms with Crippen molar-refractivity contribution in [3.8, 4) is 0 Å². The van der Waals surface area contributed by atoms with Crippen LogP contribution in [0.5, 0.6) is 0 Å². The Morgan fingerprint density at radius 2 is 0.653 bits per heavy atom. The molecule has 280 valence electrons. The average Bonchev–Trinajstić information content (AvgIpc) is 3.79. The third-order valence-corrected chi connectivity index (χ3v) is 17.4. The van der Waals surface area contributed by atoms with Gasteiger partial charge in [-0.05, 0) is 92.8 Å². The van der Waals surface area contributed by atoms with Crippen LogP contribution in [0.4, 0.5) is 0 Å². The van der Waals surface area contributed by atoms with Crippen LogP contribution in [0.1, 0.15) is 89.9 Å². The van der Waals surface area contributed by atoms with Crippen molar-refractivity contribution >= 4 is 20.2 Å². The molecule has 5 saturated heterocycles. The minimum Gasteiger partial charge on any atom is -0.748 e. The van der Waals surface area contributed by atoms with Crippen LogP contribution >= 0.6 is 0 Å². The second-order valence-electron chi connectivity index (χ2n) is 16.8. The normalized spacial score (nSPS) is 52.7. The first-order valence-electron chi connectivity index (χ1n) is 19.0. The minimum absolute atomic E-state index is 0. The Morgan fingerprint density at radius 3 is 0.939 bits per heavy atom. The minimum atomic E-state index is -5.12. The molecule has 17 heteroatoms. The Labute approximate surface area is 301 Å². The molecule has 9 fully saturated rings. The zero-order valence-corrected chi connectivity index (χ0v) is 30.5. The zero-order chi connectivity index (χ0) is 32.9. The maximum Gasteiger partial charge on any atom is 2.00 e. The van der Waals surface area contributed by atoms with E-state index in [1.807, 2.05) is 0 Å². The molecule has 8 N–H and O–H groups in total. The van der Waals surface area contributed by atoms with E-state index in [0.717, 1.165) is 44.9 Å². The fourth-order valence-corrected chi connectivity index (χ4v) is 15.7. The molecule has 18 atom stereocenters. The van der Waals surface area contributed by atoms with Gasteiger partial charge >= 0.3 is 16.5 Å². The van der Waals surface area contributed by atoms with Crippen LogP contribution in [0.2, 0.25) is 0 Å². The molecule has 0 aromatic heterocycles. The third kappa shape index (κ3) is 6.40. The van der Waals surface area contributed by atoms with Gasteiger partial charge in [0, 0.05) is 5.92 Å². The van der Waals surface area contributed by atoms with E-state index in [1.54, 1.807) is 0 Å². The van der Waals surface area contributed by atoms with Crippen molar-refractivity contribution in [2.75, 3.05) is 0 Å². The van der Waals surface area contributed by atoms with E-state index in [-0.39, 0.29) is 72.0 Å². The Kier molecular flexibility index (Phi) is 10.1. The standard InChI is InChI=1S/C32H56N8O6S2.Ni/c41-47(42,43)22-14-13-21-23(24(22)48(44,45)46)32-39-30-20-12-6-5-11-19(20)28(37-30)35-26-16-8-2-1-7-15(16)25(33-26)34-27-17-9-3-4-10-18(17)29(36-27)38-31(21)40-32;/h15-40H,1-14H2,(H,41,42,43)(H,44,45,46);/q;+2/p-2. The predicted molar refractivity (Wildman–Crippen MR) is 175 cm³/mol. The van der Waals surface area contributed by atoms with Gasteiger partial charge in [0.2, 0.25) is 0 Å². The maximum absolute atomic E-state index is 13.0. The Hall–Kier alpha value is -0.00649. The molecule has 8 bridgehead atoms. The van der Waals surface area contributed by atoms with Gasteiger partial charge in [0.15, 0.2) is 0 Å². The van der Waals surface area contributed by atoms with Gasteiger partial charge in [0.1, 0.15) is 0 Å². The summed E-state index contributed by atoms with van der Waals surface area (Å²) in [7, 11) is -10.1. The molecular weight excluding hydrogens is 715 g/mol. The zero-order valence-electron chi connectivity index (χ0n) is 27.9. The van der Waals surface area contributed by atoms with Crippen LogP contribution in [-0.2, 0) is 36.7 Å². The number of hydrogen-bond donors (Lipinski definition) is 8. The molecule has 5 aliphatic heterocycles. The Bertz CT molecular complexity index is 1450. The second-order valence-corrected chi connectivity index (χ2v) is 19.9. The summed E-state index contributed by atoms with van der Waals surface area (Å²) in [6, 6.07) is 0. The van der Waals surface area contributed by atoms with E-state index < -0.39 is 42.8 Å². The summed E-state index contributed by atoms with van der Waals surface area (Å²) in [5, 5.41) is 27.7. The summed E-state index contributed by atoms with van der Waals surface area (Å²) in [5.74, 6) is 1.42. The van der Waals surface area contributed by atoms with Crippen LogP contribution in [0.25, 0.3) is 0 Å². The Balaban J connectivity index is 0.00000348. The number of rotatable bonds is 2. The number of nitrogens with one attached hydrogen (secondary N) is 8. The van der Waals surface area contributed by atoms with Gasteiger partial charge in [-0.15, -0.1) is 0 Å². The second kappa shape index (κ2) is 13.7. The molecule has 0 spiro atoms. The van der Waals surface area contributed by atoms with Gasteiger partial charge < -0.3 is 9.11 Å². The first-order chi connectivity index (χ1) is 23.0. The molecule has 0 amide bonds. The summed E-state index contributed by atoms with van der Waals surface area (Å²) in [6.07, 6.45) is 13.5. The van der Waals surface area contributed by atoms with Crippen molar-refractivity contribution < 1.29 is 42.4 Å². The van der Waals surface area contributed by atoms with Crippen LogP contribution in [0.15, 0.2) is 0 Å². The largest absolute Gasteiger partial charge is 2.00 e. The molecular formula is C32H54N8NiO6S2. The molecule has 9 aliphatic rings. The number of fused-ring (bicyclic) bond motifs is 20. The smallest absolute Gasteiger partial charge is 0.748 e. The van der Waals surface area contributed by atoms with Crippen LogP contribution < -0.4 is 42.5 Å². The molecule has 0 aromatic rings. The third-order valence-electron chi connectivity index (χ3n) is 14.6. The van der Waals surface area contributed by atoms with Gasteiger partial charge in [-0.1, -0.05) is 38.5 Å². The SMILES string of the molecule is O=S(=O)([O-])C1CCC2C3NC4NC(NC5NC(NC6NC(NC(N3)C2C1S(=O)(=O)[O-])C1CCCCC61)C1CCCCC51)C1CCCCC41.[Ni+2]. The van der Waals surface area contributed by atoms with Gasteiger partial charge in [-0.25, -0.2) is 16.8 Å². The van der Waals surface area contributed by atoms with Gasteiger partial charge in [0.25, 0.3) is 0 Å². The maximum atomic E-state index is 13.0. The van der Waals surface area contributed by atoms with Crippen molar-refractivity contribution in [2.45, 2.75) is 150 Å². The van der Waals surface area contributed by atoms with E-state index in [1.165, 1.54) is 32.1 Å².